The summed E-state index contributed by atoms with van der Waals surface area (Å²) in [6.07, 6.45) is -1.44. The van der Waals surface area contributed by atoms with Gasteiger partial charge in [-0.2, -0.15) is 13.2 Å². The molecule has 12 heteroatoms. The SMILES string of the molecule is CCN(c1cc(-c2ccc(CN3CCOCC3)nc2)cc(C(=O)NCC2=C(C(F)(F)F)CC(C)=NC2CO)c1C)C1CCOCC1. The number of aromatic nitrogens is 1. The number of carbonyl (C=O) groups is 1. The number of aliphatic imine (C=N–C) groups is 1. The smallest absolute Gasteiger partial charge is 0.394 e. The number of anilines is 1. The molecule has 2 saturated heterocycles. The van der Waals surface area contributed by atoms with E-state index in [-0.39, 0.29) is 24.6 Å². The predicted octanol–water partition coefficient (Wildman–Crippen LogP) is 4.71. The molecule has 0 radical (unpaired) electrons. The number of allylic oxidation sites excluding steroid dienone is 1. The summed E-state index contributed by atoms with van der Waals surface area (Å²) in [4.78, 5) is 27.4. The third-order valence-electron chi connectivity index (χ3n) is 9.11. The Bertz CT molecular complexity index is 1430. The van der Waals surface area contributed by atoms with Crippen molar-refractivity contribution in [3.05, 3.63) is 58.4 Å². The van der Waals surface area contributed by atoms with Gasteiger partial charge in [0.1, 0.15) is 0 Å². The number of morpholine rings is 1. The maximum Gasteiger partial charge on any atom is 0.413 e. The first kappa shape index (κ1) is 34.0. The first-order chi connectivity index (χ1) is 22.1. The number of alkyl halides is 3. The fourth-order valence-electron chi connectivity index (χ4n) is 6.59. The normalized spacial score (nSPS) is 20.1. The standard InChI is InChI=1S/C34H44F3N5O4/c1-4-42(27-7-11-45-12-8-27)32-17-25(24-5-6-26(38-18-24)20-41-9-13-46-14-10-41)16-28(23(32)3)33(44)39-19-29-30(34(35,36)37)15-22(2)40-31(29)21-43/h5-6,16-18,27,31,43H,4,7-15,19-21H2,1-3H3,(H,39,44). The van der Waals surface area contributed by atoms with E-state index in [2.05, 4.69) is 33.1 Å². The van der Waals surface area contributed by atoms with Crippen LogP contribution in [0.4, 0.5) is 18.9 Å². The number of amides is 1. The first-order valence-corrected chi connectivity index (χ1v) is 16.0. The maximum absolute atomic E-state index is 14.0. The number of nitrogens with zero attached hydrogens (tertiary/aromatic N) is 4. The quantitative estimate of drug-likeness (QED) is 0.362. The molecule has 250 valence electrons. The Morgan fingerprint density at radius 2 is 1.80 bits per heavy atom. The van der Waals surface area contributed by atoms with Gasteiger partial charge < -0.3 is 24.8 Å². The molecule has 1 atom stereocenters. The van der Waals surface area contributed by atoms with Crippen molar-refractivity contribution >= 4 is 17.3 Å². The lowest BCUT2D eigenvalue weighted by molar-refractivity contribution is -0.0941. The molecule has 3 aliphatic rings. The molecule has 1 amide bonds. The van der Waals surface area contributed by atoms with Crippen LogP contribution in [0, 0.1) is 6.92 Å². The second kappa shape index (κ2) is 15.1. The lowest BCUT2D eigenvalue weighted by atomic mass is 9.92. The molecule has 5 rings (SSSR count). The number of benzene rings is 1. The maximum atomic E-state index is 14.0. The van der Waals surface area contributed by atoms with Crippen LogP contribution in [0.1, 0.15) is 54.7 Å². The molecule has 0 bridgehead atoms. The number of pyridine rings is 1. The number of dihydropyridines is 1. The Kier molecular flexibility index (Phi) is 11.1. The number of ether oxygens (including phenoxy) is 2. The summed E-state index contributed by atoms with van der Waals surface area (Å²) in [5.74, 6) is -0.488. The van der Waals surface area contributed by atoms with Gasteiger partial charge in [0.2, 0.25) is 0 Å². The van der Waals surface area contributed by atoms with E-state index in [0.717, 1.165) is 60.5 Å². The number of aliphatic hydroxyl groups is 1. The largest absolute Gasteiger partial charge is 0.413 e. The first-order valence-electron chi connectivity index (χ1n) is 16.0. The van der Waals surface area contributed by atoms with Gasteiger partial charge in [-0.1, -0.05) is 6.07 Å². The highest BCUT2D eigenvalue weighted by atomic mass is 19.4. The summed E-state index contributed by atoms with van der Waals surface area (Å²) in [6, 6.07) is 7.03. The molecule has 46 heavy (non-hydrogen) atoms. The number of rotatable bonds is 10. The zero-order valence-corrected chi connectivity index (χ0v) is 26.8. The second-order valence-corrected chi connectivity index (χ2v) is 12.1. The van der Waals surface area contributed by atoms with Crippen molar-refractivity contribution in [2.75, 3.05) is 64.1 Å². The van der Waals surface area contributed by atoms with Crippen molar-refractivity contribution in [3.8, 4) is 11.1 Å². The summed E-state index contributed by atoms with van der Waals surface area (Å²) < 4.78 is 53.1. The molecular weight excluding hydrogens is 599 g/mol. The van der Waals surface area contributed by atoms with Crippen molar-refractivity contribution in [1.82, 2.24) is 15.2 Å². The van der Waals surface area contributed by atoms with Gasteiger partial charge in [-0.15, -0.1) is 0 Å². The molecule has 1 aromatic heterocycles. The topological polar surface area (TPSA) is 99.5 Å². The van der Waals surface area contributed by atoms with E-state index >= 15 is 0 Å². The average molecular weight is 644 g/mol. The predicted molar refractivity (Wildman–Crippen MR) is 171 cm³/mol. The minimum absolute atomic E-state index is 0.111. The highest BCUT2D eigenvalue weighted by Crippen LogP contribution is 2.36. The Labute approximate surface area is 268 Å². The van der Waals surface area contributed by atoms with Gasteiger partial charge in [0.15, 0.2) is 0 Å². The number of hydrogen-bond acceptors (Lipinski definition) is 8. The lowest BCUT2D eigenvalue weighted by Gasteiger charge is -2.37. The summed E-state index contributed by atoms with van der Waals surface area (Å²) in [5.41, 5.74) is 4.01. The van der Waals surface area contributed by atoms with E-state index in [1.165, 1.54) is 6.92 Å². The van der Waals surface area contributed by atoms with Gasteiger partial charge in [-0.25, -0.2) is 0 Å². The number of halogens is 3. The van der Waals surface area contributed by atoms with Crippen molar-refractivity contribution in [2.24, 2.45) is 4.99 Å². The Morgan fingerprint density at radius 3 is 2.43 bits per heavy atom. The van der Waals surface area contributed by atoms with Crippen LogP contribution in [0.2, 0.25) is 0 Å². The molecule has 1 unspecified atom stereocenters. The molecule has 4 heterocycles. The van der Waals surface area contributed by atoms with Crippen LogP contribution < -0.4 is 10.2 Å². The Morgan fingerprint density at radius 1 is 1.09 bits per heavy atom. The third-order valence-corrected chi connectivity index (χ3v) is 9.11. The van der Waals surface area contributed by atoms with Crippen molar-refractivity contribution in [1.29, 1.82) is 0 Å². The highest BCUT2D eigenvalue weighted by molar-refractivity contribution is 5.99. The van der Waals surface area contributed by atoms with Crippen molar-refractivity contribution in [2.45, 2.75) is 64.8 Å². The number of aliphatic hydroxyl groups excluding tert-OH is 1. The molecule has 9 nitrogen and oxygen atoms in total. The summed E-state index contributed by atoms with van der Waals surface area (Å²) in [7, 11) is 0. The lowest BCUT2D eigenvalue weighted by Crippen LogP contribution is -2.40. The van der Waals surface area contributed by atoms with E-state index in [4.69, 9.17) is 14.5 Å². The van der Waals surface area contributed by atoms with E-state index < -0.39 is 30.3 Å². The van der Waals surface area contributed by atoms with E-state index in [1.807, 2.05) is 25.3 Å². The monoisotopic (exact) mass is 643 g/mol. The van der Waals surface area contributed by atoms with Crippen LogP contribution in [0.5, 0.6) is 0 Å². The second-order valence-electron chi connectivity index (χ2n) is 12.1. The van der Waals surface area contributed by atoms with Gasteiger partial charge in [0, 0.05) is 92.7 Å². The fraction of sp³-hybridized carbons (Fsp3) is 0.559. The summed E-state index contributed by atoms with van der Waals surface area (Å²) in [6.45, 7) is 10.4. The average Bonchev–Trinajstić information content (AvgIpc) is 3.05. The van der Waals surface area contributed by atoms with Crippen molar-refractivity contribution < 1.29 is 32.5 Å². The molecule has 2 aromatic rings. The summed E-state index contributed by atoms with van der Waals surface area (Å²) >= 11 is 0. The molecule has 2 N–H and O–H groups in total. The minimum atomic E-state index is -4.60. The van der Waals surface area contributed by atoms with Gasteiger partial charge in [0.25, 0.3) is 5.91 Å². The van der Waals surface area contributed by atoms with E-state index in [1.54, 1.807) is 6.07 Å². The van der Waals surface area contributed by atoms with Crippen LogP contribution >= 0.6 is 0 Å². The van der Waals surface area contributed by atoms with Gasteiger partial charge >= 0.3 is 6.18 Å². The molecule has 2 fully saturated rings. The van der Waals surface area contributed by atoms with Crippen LogP contribution in [0.15, 0.2) is 46.6 Å². The van der Waals surface area contributed by atoms with Crippen LogP contribution in [0.25, 0.3) is 11.1 Å². The Balaban J connectivity index is 1.47. The number of carbonyl (C=O) groups excluding carboxylic acids is 1. The molecule has 3 aliphatic heterocycles. The molecule has 0 aliphatic carbocycles. The van der Waals surface area contributed by atoms with Crippen LogP contribution in [-0.4, -0.2) is 104 Å². The zero-order valence-electron chi connectivity index (χ0n) is 26.8. The van der Waals surface area contributed by atoms with E-state index in [0.29, 0.717) is 44.2 Å². The van der Waals surface area contributed by atoms with Crippen LogP contribution in [-0.2, 0) is 16.0 Å². The van der Waals surface area contributed by atoms with Crippen LogP contribution in [0.3, 0.4) is 0 Å². The van der Waals surface area contributed by atoms with Gasteiger partial charge in [-0.3, -0.25) is 19.7 Å². The zero-order chi connectivity index (χ0) is 32.8. The number of nitrogens with one attached hydrogen (secondary N) is 1. The van der Waals surface area contributed by atoms with E-state index in [9.17, 15) is 23.1 Å². The van der Waals surface area contributed by atoms with Gasteiger partial charge in [-0.05, 0) is 68.5 Å². The molecule has 1 aromatic carbocycles. The fourth-order valence-corrected chi connectivity index (χ4v) is 6.59. The van der Waals surface area contributed by atoms with Crippen molar-refractivity contribution in [3.63, 3.8) is 0 Å². The Hall–Kier alpha value is -3.32. The minimum Gasteiger partial charge on any atom is -0.394 e. The molecule has 0 saturated carbocycles. The molecular formula is C34H44F3N5O4. The number of hydrogen-bond donors (Lipinski definition) is 2. The van der Waals surface area contributed by atoms with Gasteiger partial charge in [0.05, 0.1) is 31.6 Å². The highest BCUT2D eigenvalue weighted by Gasteiger charge is 2.40. The third kappa shape index (κ3) is 7.96. The summed E-state index contributed by atoms with van der Waals surface area (Å²) in [5, 5.41) is 12.6. The molecule has 0 spiro atoms.